The second-order valence-electron chi connectivity index (χ2n) is 8.21. The molecule has 1 saturated heterocycles. The molecule has 1 atom stereocenters. The van der Waals surface area contributed by atoms with Crippen LogP contribution in [-0.4, -0.2) is 45.3 Å². The van der Waals surface area contributed by atoms with E-state index in [1.54, 1.807) is 18.1 Å². The van der Waals surface area contributed by atoms with Crippen LogP contribution in [0.25, 0.3) is 0 Å². The van der Waals surface area contributed by atoms with E-state index in [2.05, 4.69) is 50.8 Å². The molecular weight excluding hydrogens is 390 g/mol. The van der Waals surface area contributed by atoms with Gasteiger partial charge in [-0.2, -0.15) is 10.1 Å². The Labute approximate surface area is 181 Å². The molecule has 0 saturated carbocycles. The Morgan fingerprint density at radius 3 is 2.90 bits per heavy atom. The van der Waals surface area contributed by atoms with E-state index in [1.807, 2.05) is 16.9 Å². The van der Waals surface area contributed by atoms with Gasteiger partial charge in [0.2, 0.25) is 11.9 Å². The molecule has 2 aliphatic heterocycles. The summed E-state index contributed by atoms with van der Waals surface area (Å²) in [5.74, 6) is 1.55. The molecule has 1 unspecified atom stereocenters. The molecule has 2 aliphatic rings. The topological polar surface area (TPSA) is 79.2 Å². The molecule has 0 radical (unpaired) electrons. The Morgan fingerprint density at radius 2 is 2.03 bits per heavy atom. The summed E-state index contributed by atoms with van der Waals surface area (Å²) in [4.78, 5) is 25.5. The van der Waals surface area contributed by atoms with Crippen LogP contribution >= 0.6 is 0 Å². The number of amides is 1. The summed E-state index contributed by atoms with van der Waals surface area (Å²) in [6, 6.07) is 10.4. The van der Waals surface area contributed by atoms with Crippen molar-refractivity contribution in [2.24, 2.45) is 0 Å². The predicted molar refractivity (Wildman–Crippen MR) is 120 cm³/mol. The van der Waals surface area contributed by atoms with Gasteiger partial charge >= 0.3 is 0 Å². The SMILES string of the molecule is CN1C(=O)C2CCCN2c2nc(NCc3cnn(CCCc4ccccc4)c3)ncc21. The first kappa shape index (κ1) is 19.5. The van der Waals surface area contributed by atoms with Crippen LogP contribution in [0.4, 0.5) is 17.5 Å². The number of hydrogen-bond donors (Lipinski definition) is 1. The van der Waals surface area contributed by atoms with Crippen molar-refractivity contribution in [1.29, 1.82) is 0 Å². The number of aryl methyl sites for hydroxylation is 2. The summed E-state index contributed by atoms with van der Waals surface area (Å²) in [6.07, 6.45) is 9.69. The molecule has 4 heterocycles. The minimum Gasteiger partial charge on any atom is -0.350 e. The molecule has 0 aliphatic carbocycles. The number of fused-ring (bicyclic) bond motifs is 3. The van der Waals surface area contributed by atoms with Crippen LogP contribution in [0.15, 0.2) is 48.9 Å². The summed E-state index contributed by atoms with van der Waals surface area (Å²) in [6.45, 7) is 2.36. The monoisotopic (exact) mass is 417 g/mol. The first-order valence-electron chi connectivity index (χ1n) is 10.9. The van der Waals surface area contributed by atoms with Crippen molar-refractivity contribution in [3.63, 3.8) is 0 Å². The number of anilines is 3. The first-order valence-corrected chi connectivity index (χ1v) is 10.9. The third-order valence-corrected chi connectivity index (χ3v) is 6.08. The van der Waals surface area contributed by atoms with Crippen LogP contribution in [-0.2, 0) is 24.3 Å². The zero-order valence-electron chi connectivity index (χ0n) is 17.7. The fourth-order valence-corrected chi connectivity index (χ4v) is 4.41. The maximum Gasteiger partial charge on any atom is 0.249 e. The molecule has 8 heteroatoms. The molecule has 2 aromatic heterocycles. The standard InChI is InChI=1S/C23H27N7O/c1-28-20-15-25-23(27-21(20)30-12-6-10-19(30)22(28)31)24-13-18-14-26-29(16-18)11-5-9-17-7-3-2-4-8-17/h2-4,7-8,14-16,19H,5-6,9-13H2,1H3,(H,24,25,27). The quantitative estimate of drug-likeness (QED) is 0.637. The van der Waals surface area contributed by atoms with Crippen LogP contribution in [0.1, 0.15) is 30.4 Å². The maximum absolute atomic E-state index is 12.5. The molecule has 0 bridgehead atoms. The largest absolute Gasteiger partial charge is 0.350 e. The van der Waals surface area contributed by atoms with Crippen LogP contribution in [0.5, 0.6) is 0 Å². The fourth-order valence-electron chi connectivity index (χ4n) is 4.41. The highest BCUT2D eigenvalue weighted by atomic mass is 16.2. The van der Waals surface area contributed by atoms with E-state index < -0.39 is 0 Å². The van der Waals surface area contributed by atoms with Crippen molar-refractivity contribution >= 4 is 23.4 Å². The van der Waals surface area contributed by atoms with Gasteiger partial charge in [-0.1, -0.05) is 30.3 Å². The van der Waals surface area contributed by atoms with Gasteiger partial charge in [0.1, 0.15) is 11.7 Å². The van der Waals surface area contributed by atoms with Gasteiger partial charge in [0.15, 0.2) is 5.82 Å². The van der Waals surface area contributed by atoms with E-state index in [0.29, 0.717) is 12.5 Å². The first-order chi connectivity index (χ1) is 15.2. The third kappa shape index (κ3) is 3.97. The van der Waals surface area contributed by atoms with Gasteiger partial charge in [-0.05, 0) is 31.2 Å². The van der Waals surface area contributed by atoms with E-state index in [9.17, 15) is 4.79 Å². The molecule has 31 heavy (non-hydrogen) atoms. The average molecular weight is 418 g/mol. The van der Waals surface area contributed by atoms with Crippen molar-refractivity contribution in [3.05, 3.63) is 60.0 Å². The Hall–Kier alpha value is -3.42. The Balaban J connectivity index is 1.19. The molecule has 0 spiro atoms. The minimum atomic E-state index is -0.0885. The average Bonchev–Trinajstić information content (AvgIpc) is 3.47. The normalized spacial score (nSPS) is 17.6. The summed E-state index contributed by atoms with van der Waals surface area (Å²) < 4.78 is 1.99. The fraction of sp³-hybridized carbons (Fsp3) is 0.391. The molecule has 1 amide bonds. The van der Waals surface area contributed by atoms with Crippen LogP contribution in [0.2, 0.25) is 0 Å². The number of aromatic nitrogens is 4. The van der Waals surface area contributed by atoms with Gasteiger partial charge in [0.25, 0.3) is 0 Å². The van der Waals surface area contributed by atoms with Crippen molar-refractivity contribution in [3.8, 4) is 0 Å². The second-order valence-corrected chi connectivity index (χ2v) is 8.21. The number of likely N-dealkylation sites (N-methyl/N-ethyl adjacent to an activating group) is 1. The van der Waals surface area contributed by atoms with E-state index in [4.69, 9.17) is 4.98 Å². The number of nitrogens with one attached hydrogen (secondary N) is 1. The van der Waals surface area contributed by atoms with Crippen LogP contribution < -0.4 is 15.1 Å². The molecule has 3 aromatic rings. The lowest BCUT2D eigenvalue weighted by molar-refractivity contribution is -0.119. The van der Waals surface area contributed by atoms with Gasteiger partial charge < -0.3 is 15.1 Å². The van der Waals surface area contributed by atoms with Crippen LogP contribution in [0.3, 0.4) is 0 Å². The Morgan fingerprint density at radius 1 is 1.16 bits per heavy atom. The highest BCUT2D eigenvalue weighted by molar-refractivity contribution is 6.04. The number of hydrogen-bond acceptors (Lipinski definition) is 6. The van der Waals surface area contributed by atoms with Gasteiger partial charge in [-0.3, -0.25) is 9.48 Å². The zero-order valence-corrected chi connectivity index (χ0v) is 17.7. The highest BCUT2D eigenvalue weighted by Gasteiger charge is 2.40. The molecule has 160 valence electrons. The smallest absolute Gasteiger partial charge is 0.249 e. The Bertz CT molecular complexity index is 1060. The summed E-state index contributed by atoms with van der Waals surface area (Å²) in [7, 11) is 1.81. The number of carbonyl (C=O) groups excluding carboxylic acids is 1. The van der Waals surface area contributed by atoms with Gasteiger partial charge in [0, 0.05) is 38.4 Å². The summed E-state index contributed by atoms with van der Waals surface area (Å²) >= 11 is 0. The van der Waals surface area contributed by atoms with E-state index in [0.717, 1.165) is 55.8 Å². The summed E-state index contributed by atoms with van der Waals surface area (Å²) in [5.41, 5.74) is 3.22. The molecule has 1 fully saturated rings. The lowest BCUT2D eigenvalue weighted by Crippen LogP contribution is -2.49. The van der Waals surface area contributed by atoms with Gasteiger partial charge in [-0.25, -0.2) is 4.98 Å². The second kappa shape index (κ2) is 8.37. The van der Waals surface area contributed by atoms with Crippen molar-refractivity contribution in [2.75, 3.05) is 28.7 Å². The Kier molecular flexibility index (Phi) is 5.28. The predicted octanol–water partition coefficient (Wildman–Crippen LogP) is 2.86. The zero-order chi connectivity index (χ0) is 21.2. The minimum absolute atomic E-state index is 0.0885. The van der Waals surface area contributed by atoms with E-state index >= 15 is 0 Å². The molecule has 5 rings (SSSR count). The molecule has 1 N–H and O–H groups in total. The lowest BCUT2D eigenvalue weighted by Gasteiger charge is -2.36. The number of rotatable bonds is 7. The van der Waals surface area contributed by atoms with E-state index in [-0.39, 0.29) is 11.9 Å². The molecular formula is C23H27N7O. The van der Waals surface area contributed by atoms with Gasteiger partial charge in [0.05, 0.1) is 12.4 Å². The number of carbonyl (C=O) groups is 1. The van der Waals surface area contributed by atoms with Crippen molar-refractivity contribution in [1.82, 2.24) is 19.7 Å². The van der Waals surface area contributed by atoms with Crippen LogP contribution in [0, 0.1) is 0 Å². The van der Waals surface area contributed by atoms with Gasteiger partial charge in [-0.15, -0.1) is 0 Å². The lowest BCUT2D eigenvalue weighted by atomic mass is 10.1. The van der Waals surface area contributed by atoms with Crippen molar-refractivity contribution < 1.29 is 4.79 Å². The molecule has 8 nitrogen and oxygen atoms in total. The highest BCUT2D eigenvalue weighted by Crippen LogP contribution is 2.37. The maximum atomic E-state index is 12.5. The number of benzene rings is 1. The van der Waals surface area contributed by atoms with Crippen molar-refractivity contribution in [2.45, 2.75) is 44.8 Å². The van der Waals surface area contributed by atoms with E-state index in [1.165, 1.54) is 5.56 Å². The molecule has 1 aromatic carbocycles. The summed E-state index contributed by atoms with van der Waals surface area (Å²) in [5, 5.41) is 7.78. The third-order valence-electron chi connectivity index (χ3n) is 6.08. The number of nitrogens with zero attached hydrogens (tertiary/aromatic N) is 6.